The molecule has 1 aromatic heterocycles. The van der Waals surface area contributed by atoms with Crippen LogP contribution in [0.1, 0.15) is 68.3 Å². The van der Waals surface area contributed by atoms with E-state index in [0.29, 0.717) is 6.04 Å². The molecule has 1 aromatic rings. The van der Waals surface area contributed by atoms with Crippen molar-refractivity contribution >= 4 is 11.3 Å². The summed E-state index contributed by atoms with van der Waals surface area (Å²) in [5.74, 6) is 0. The zero-order valence-electron chi connectivity index (χ0n) is 12.4. The Bertz CT molecular complexity index is 383. The van der Waals surface area contributed by atoms with Crippen molar-refractivity contribution in [1.82, 2.24) is 10.3 Å². The predicted molar refractivity (Wildman–Crippen MR) is 80.6 cm³/mol. The first kappa shape index (κ1) is 14.9. The van der Waals surface area contributed by atoms with Gasteiger partial charge in [-0.1, -0.05) is 25.7 Å². The van der Waals surface area contributed by atoms with E-state index in [2.05, 4.69) is 19.2 Å². The predicted octanol–water partition coefficient (Wildman–Crippen LogP) is 4.01. The molecule has 0 spiro atoms. The first-order valence-corrected chi connectivity index (χ1v) is 8.31. The lowest BCUT2D eigenvalue weighted by Gasteiger charge is -2.30. The second-order valence-electron chi connectivity index (χ2n) is 5.42. The molecule has 0 bridgehead atoms. The van der Waals surface area contributed by atoms with E-state index in [1.165, 1.54) is 35.6 Å². The summed E-state index contributed by atoms with van der Waals surface area (Å²) >= 11 is 1.82. The largest absolute Gasteiger partial charge is 0.368 e. The zero-order valence-corrected chi connectivity index (χ0v) is 13.2. The fourth-order valence-corrected chi connectivity index (χ4v) is 4.01. The Morgan fingerprint density at radius 3 is 2.63 bits per heavy atom. The van der Waals surface area contributed by atoms with Crippen LogP contribution < -0.4 is 5.32 Å². The summed E-state index contributed by atoms with van der Waals surface area (Å²) in [4.78, 5) is 6.00. The van der Waals surface area contributed by atoms with E-state index in [1.54, 1.807) is 0 Å². The lowest BCUT2D eigenvalue weighted by atomic mass is 9.95. The van der Waals surface area contributed by atoms with Gasteiger partial charge in [-0.3, -0.25) is 0 Å². The van der Waals surface area contributed by atoms with E-state index in [9.17, 15) is 0 Å². The Kier molecular flexibility index (Phi) is 5.37. The average molecular weight is 282 g/mol. The highest BCUT2D eigenvalue weighted by Gasteiger charge is 2.36. The van der Waals surface area contributed by atoms with Gasteiger partial charge in [-0.2, -0.15) is 0 Å². The number of hydrogen-bond acceptors (Lipinski definition) is 4. The first-order chi connectivity index (χ1) is 9.22. The van der Waals surface area contributed by atoms with Crippen molar-refractivity contribution in [3.05, 3.63) is 16.1 Å². The molecule has 1 saturated carbocycles. The lowest BCUT2D eigenvalue weighted by molar-refractivity contribution is -0.0559. The van der Waals surface area contributed by atoms with Crippen LogP contribution in [0.25, 0.3) is 0 Å². The van der Waals surface area contributed by atoms with E-state index < -0.39 is 0 Å². The quantitative estimate of drug-likeness (QED) is 0.829. The highest BCUT2D eigenvalue weighted by molar-refractivity contribution is 7.11. The maximum absolute atomic E-state index is 6.19. The molecule has 1 atom stereocenters. The summed E-state index contributed by atoms with van der Waals surface area (Å²) in [6.45, 7) is 5.05. The third kappa shape index (κ3) is 3.36. The van der Waals surface area contributed by atoms with Gasteiger partial charge in [0.25, 0.3) is 0 Å². The van der Waals surface area contributed by atoms with Crippen LogP contribution in [0.3, 0.4) is 0 Å². The van der Waals surface area contributed by atoms with Gasteiger partial charge in [0, 0.05) is 23.7 Å². The van der Waals surface area contributed by atoms with E-state index in [4.69, 9.17) is 9.72 Å². The summed E-state index contributed by atoms with van der Waals surface area (Å²) in [6.07, 6.45) is 9.46. The average Bonchev–Trinajstić information content (AvgIpc) is 2.81. The summed E-state index contributed by atoms with van der Waals surface area (Å²) in [5.41, 5.74) is -0.109. The molecule has 0 aliphatic heterocycles. The molecule has 0 amide bonds. The number of aromatic nitrogens is 1. The Balaban J connectivity index is 2.24. The molecule has 0 radical (unpaired) electrons. The van der Waals surface area contributed by atoms with Crippen LogP contribution in [0.4, 0.5) is 0 Å². The number of nitrogens with zero attached hydrogens (tertiary/aromatic N) is 1. The van der Waals surface area contributed by atoms with Gasteiger partial charge in [-0.05, 0) is 33.7 Å². The Hall–Kier alpha value is -0.450. The molecule has 3 nitrogen and oxygen atoms in total. The summed E-state index contributed by atoms with van der Waals surface area (Å²) < 4.78 is 6.19. The number of nitrogens with one attached hydrogen (secondary N) is 1. The van der Waals surface area contributed by atoms with Crippen molar-refractivity contribution in [3.63, 3.8) is 0 Å². The van der Waals surface area contributed by atoms with Crippen molar-refractivity contribution in [3.8, 4) is 0 Å². The van der Waals surface area contributed by atoms with E-state index in [0.717, 1.165) is 19.4 Å². The van der Waals surface area contributed by atoms with Gasteiger partial charge in [0.15, 0.2) is 0 Å². The minimum absolute atomic E-state index is 0.109. The SMILES string of the molecule is CCOC1(c2ncc(C(C)NC)s2)CCCCCC1. The third-order valence-electron chi connectivity index (χ3n) is 4.10. The molecule has 2 rings (SSSR count). The van der Waals surface area contributed by atoms with Crippen LogP contribution in [0.5, 0.6) is 0 Å². The van der Waals surface area contributed by atoms with Crippen LogP contribution in [0.2, 0.25) is 0 Å². The first-order valence-electron chi connectivity index (χ1n) is 7.49. The highest BCUT2D eigenvalue weighted by atomic mass is 32.1. The maximum atomic E-state index is 6.19. The fraction of sp³-hybridized carbons (Fsp3) is 0.800. The standard InChI is InChI=1S/C15H26N2OS/c1-4-18-15(9-7-5-6-8-10-15)14-17-11-13(19-14)12(2)16-3/h11-12,16H,4-10H2,1-3H3. The van der Waals surface area contributed by atoms with Gasteiger partial charge >= 0.3 is 0 Å². The van der Waals surface area contributed by atoms with Crippen LogP contribution in [-0.4, -0.2) is 18.6 Å². The highest BCUT2D eigenvalue weighted by Crippen LogP contribution is 2.41. The van der Waals surface area contributed by atoms with Gasteiger partial charge in [-0.15, -0.1) is 11.3 Å². The van der Waals surface area contributed by atoms with Gasteiger partial charge in [0.1, 0.15) is 10.6 Å². The number of thiazole rings is 1. The number of ether oxygens (including phenoxy) is 1. The van der Waals surface area contributed by atoms with Crippen LogP contribution in [0.15, 0.2) is 6.20 Å². The smallest absolute Gasteiger partial charge is 0.125 e. The van der Waals surface area contributed by atoms with Crippen molar-refractivity contribution in [2.24, 2.45) is 0 Å². The van der Waals surface area contributed by atoms with Gasteiger partial charge < -0.3 is 10.1 Å². The maximum Gasteiger partial charge on any atom is 0.125 e. The Morgan fingerprint density at radius 1 is 1.37 bits per heavy atom. The number of hydrogen-bond donors (Lipinski definition) is 1. The molecule has 1 fully saturated rings. The summed E-state index contributed by atoms with van der Waals surface area (Å²) in [5, 5.41) is 4.47. The summed E-state index contributed by atoms with van der Waals surface area (Å²) in [6, 6.07) is 0.371. The van der Waals surface area contributed by atoms with E-state index in [1.807, 2.05) is 24.6 Å². The Morgan fingerprint density at radius 2 is 2.05 bits per heavy atom. The van der Waals surface area contributed by atoms with Crippen molar-refractivity contribution in [2.45, 2.75) is 64.0 Å². The van der Waals surface area contributed by atoms with E-state index in [-0.39, 0.29) is 5.60 Å². The minimum atomic E-state index is -0.109. The molecule has 108 valence electrons. The fourth-order valence-electron chi connectivity index (χ4n) is 2.84. The molecule has 1 aliphatic carbocycles. The molecule has 19 heavy (non-hydrogen) atoms. The molecule has 1 unspecified atom stereocenters. The van der Waals surface area contributed by atoms with Gasteiger partial charge in [0.2, 0.25) is 0 Å². The van der Waals surface area contributed by atoms with Crippen LogP contribution >= 0.6 is 11.3 Å². The molecular weight excluding hydrogens is 256 g/mol. The van der Waals surface area contributed by atoms with Gasteiger partial charge in [0.05, 0.1) is 0 Å². The van der Waals surface area contributed by atoms with Crippen LogP contribution in [-0.2, 0) is 10.3 Å². The molecule has 1 heterocycles. The second-order valence-corrected chi connectivity index (χ2v) is 6.48. The molecular formula is C15H26N2OS. The minimum Gasteiger partial charge on any atom is -0.368 e. The van der Waals surface area contributed by atoms with Crippen molar-refractivity contribution in [2.75, 3.05) is 13.7 Å². The monoisotopic (exact) mass is 282 g/mol. The lowest BCUT2D eigenvalue weighted by Crippen LogP contribution is -2.29. The molecule has 0 aromatic carbocycles. The summed E-state index contributed by atoms with van der Waals surface area (Å²) in [7, 11) is 1.99. The molecule has 0 saturated heterocycles. The van der Waals surface area contributed by atoms with Gasteiger partial charge in [-0.25, -0.2) is 4.98 Å². The molecule has 4 heteroatoms. The van der Waals surface area contributed by atoms with E-state index >= 15 is 0 Å². The van der Waals surface area contributed by atoms with Crippen molar-refractivity contribution < 1.29 is 4.74 Å². The van der Waals surface area contributed by atoms with Crippen molar-refractivity contribution in [1.29, 1.82) is 0 Å². The Labute approximate surface area is 120 Å². The normalized spacial score (nSPS) is 21.0. The zero-order chi connectivity index (χ0) is 13.7. The second kappa shape index (κ2) is 6.82. The topological polar surface area (TPSA) is 34.1 Å². The number of rotatable bonds is 5. The van der Waals surface area contributed by atoms with Crippen LogP contribution in [0, 0.1) is 0 Å². The third-order valence-corrected chi connectivity index (χ3v) is 5.47. The molecule has 1 N–H and O–H groups in total. The molecule has 1 aliphatic rings.